The Kier molecular flexibility index (Phi) is 2.97. The van der Waals surface area contributed by atoms with E-state index < -0.39 is 0 Å². The van der Waals surface area contributed by atoms with Gasteiger partial charge in [-0.15, -0.1) is 0 Å². The molecule has 0 saturated carbocycles. The van der Waals surface area contributed by atoms with Crippen molar-refractivity contribution in [3.8, 4) is 11.3 Å². The van der Waals surface area contributed by atoms with Crippen LogP contribution in [0.15, 0.2) is 60.8 Å². The first-order chi connectivity index (χ1) is 10.8. The van der Waals surface area contributed by atoms with Crippen LogP contribution in [0.2, 0.25) is 0 Å². The van der Waals surface area contributed by atoms with Gasteiger partial charge in [-0.2, -0.15) is 0 Å². The van der Waals surface area contributed by atoms with E-state index >= 15 is 0 Å². The highest BCUT2D eigenvalue weighted by molar-refractivity contribution is 6.08. The third-order valence-corrected chi connectivity index (χ3v) is 4.29. The lowest BCUT2D eigenvalue weighted by Crippen LogP contribution is -1.93. The molecule has 0 aliphatic rings. The monoisotopic (exact) mass is 286 g/mol. The Morgan fingerprint density at radius 1 is 0.909 bits per heavy atom. The first-order valence-corrected chi connectivity index (χ1v) is 7.72. The summed E-state index contributed by atoms with van der Waals surface area (Å²) >= 11 is 0. The standard InChI is InChI=1S/C20H18N2/c1-3-22-19-10-5-4-9-16(19)17-12-18(21-13-20(17)22)15-8-6-7-14(2)11-15/h4-13H,3H2,1-2H3. The second kappa shape index (κ2) is 4.99. The Morgan fingerprint density at radius 3 is 2.59 bits per heavy atom. The Labute approximate surface area is 130 Å². The van der Waals surface area contributed by atoms with E-state index in [1.807, 2.05) is 6.20 Å². The van der Waals surface area contributed by atoms with Crippen molar-refractivity contribution in [3.63, 3.8) is 0 Å². The molecule has 2 aromatic heterocycles. The zero-order valence-electron chi connectivity index (χ0n) is 12.9. The maximum Gasteiger partial charge on any atom is 0.0709 e. The van der Waals surface area contributed by atoms with Crippen LogP contribution in [0.5, 0.6) is 0 Å². The molecular formula is C20H18N2. The predicted molar refractivity (Wildman–Crippen MR) is 93.1 cm³/mol. The van der Waals surface area contributed by atoms with Gasteiger partial charge in [0.2, 0.25) is 0 Å². The fraction of sp³-hybridized carbons (Fsp3) is 0.150. The molecule has 0 radical (unpaired) electrons. The number of nitrogens with zero attached hydrogens (tertiary/aromatic N) is 2. The average molecular weight is 286 g/mol. The number of rotatable bonds is 2. The Bertz CT molecular complexity index is 980. The van der Waals surface area contributed by atoms with Crippen molar-refractivity contribution >= 4 is 21.8 Å². The molecule has 2 heteroatoms. The largest absolute Gasteiger partial charge is 0.339 e. The molecule has 2 heterocycles. The maximum atomic E-state index is 4.70. The van der Waals surface area contributed by atoms with Crippen LogP contribution in [0.4, 0.5) is 0 Å². The molecule has 0 amide bonds. The van der Waals surface area contributed by atoms with Crippen LogP contribution in [-0.2, 0) is 6.54 Å². The van der Waals surface area contributed by atoms with E-state index in [2.05, 4.69) is 73.0 Å². The molecule has 0 spiro atoms. The summed E-state index contributed by atoms with van der Waals surface area (Å²) in [5.74, 6) is 0. The van der Waals surface area contributed by atoms with Crippen molar-refractivity contribution < 1.29 is 0 Å². The quantitative estimate of drug-likeness (QED) is 0.496. The van der Waals surface area contributed by atoms with Crippen molar-refractivity contribution in [1.29, 1.82) is 0 Å². The van der Waals surface area contributed by atoms with Crippen LogP contribution >= 0.6 is 0 Å². The summed E-state index contributed by atoms with van der Waals surface area (Å²) in [6.07, 6.45) is 2.01. The van der Waals surface area contributed by atoms with Crippen molar-refractivity contribution in [2.24, 2.45) is 0 Å². The lowest BCUT2D eigenvalue weighted by Gasteiger charge is -2.04. The van der Waals surface area contributed by atoms with Crippen LogP contribution in [0.1, 0.15) is 12.5 Å². The van der Waals surface area contributed by atoms with E-state index in [0.717, 1.165) is 12.2 Å². The SMILES string of the molecule is CCn1c2ccccc2c2cc(-c3cccc(C)c3)ncc21. The van der Waals surface area contributed by atoms with E-state index in [9.17, 15) is 0 Å². The molecule has 22 heavy (non-hydrogen) atoms. The van der Waals surface area contributed by atoms with Gasteiger partial charge >= 0.3 is 0 Å². The van der Waals surface area contributed by atoms with Crippen LogP contribution in [0.3, 0.4) is 0 Å². The van der Waals surface area contributed by atoms with Crippen molar-refractivity contribution in [1.82, 2.24) is 9.55 Å². The number of hydrogen-bond acceptors (Lipinski definition) is 1. The normalized spacial score (nSPS) is 11.4. The molecule has 0 bridgehead atoms. The molecular weight excluding hydrogens is 268 g/mol. The highest BCUT2D eigenvalue weighted by Crippen LogP contribution is 2.31. The highest BCUT2D eigenvalue weighted by Gasteiger charge is 2.11. The fourth-order valence-electron chi connectivity index (χ4n) is 3.25. The summed E-state index contributed by atoms with van der Waals surface area (Å²) in [4.78, 5) is 4.70. The molecule has 4 rings (SSSR count). The van der Waals surface area contributed by atoms with Crippen LogP contribution in [0, 0.1) is 6.92 Å². The second-order valence-electron chi connectivity index (χ2n) is 5.72. The molecule has 0 aliphatic heterocycles. The van der Waals surface area contributed by atoms with Gasteiger partial charge in [-0.25, -0.2) is 0 Å². The number of aryl methyl sites for hydroxylation is 2. The second-order valence-corrected chi connectivity index (χ2v) is 5.72. The summed E-state index contributed by atoms with van der Waals surface area (Å²) in [7, 11) is 0. The molecule has 108 valence electrons. The zero-order valence-corrected chi connectivity index (χ0v) is 12.9. The van der Waals surface area contributed by atoms with E-state index in [4.69, 9.17) is 4.98 Å². The van der Waals surface area contributed by atoms with Gasteiger partial charge in [0.05, 0.1) is 17.4 Å². The molecule has 0 unspecified atom stereocenters. The van der Waals surface area contributed by atoms with Gasteiger partial charge in [-0.3, -0.25) is 4.98 Å². The Hall–Kier alpha value is -2.61. The number of aromatic nitrogens is 2. The predicted octanol–water partition coefficient (Wildman–Crippen LogP) is 5.18. The zero-order chi connectivity index (χ0) is 15.1. The third kappa shape index (κ3) is 1.92. The molecule has 0 N–H and O–H groups in total. The summed E-state index contributed by atoms with van der Waals surface area (Å²) in [6.45, 7) is 5.25. The van der Waals surface area contributed by atoms with E-state index in [0.29, 0.717) is 0 Å². The molecule has 2 aromatic carbocycles. The number of fused-ring (bicyclic) bond motifs is 3. The minimum Gasteiger partial charge on any atom is -0.339 e. The number of hydrogen-bond donors (Lipinski definition) is 0. The maximum absolute atomic E-state index is 4.70. The van der Waals surface area contributed by atoms with Crippen LogP contribution < -0.4 is 0 Å². The Morgan fingerprint density at radius 2 is 1.77 bits per heavy atom. The van der Waals surface area contributed by atoms with Crippen molar-refractivity contribution in [2.45, 2.75) is 20.4 Å². The van der Waals surface area contributed by atoms with E-state index in [-0.39, 0.29) is 0 Å². The van der Waals surface area contributed by atoms with Crippen LogP contribution in [-0.4, -0.2) is 9.55 Å². The highest BCUT2D eigenvalue weighted by atomic mass is 15.0. The van der Waals surface area contributed by atoms with Gasteiger partial charge in [-0.1, -0.05) is 42.0 Å². The molecule has 0 saturated heterocycles. The summed E-state index contributed by atoms with van der Waals surface area (Å²) in [6, 6.07) is 19.3. The van der Waals surface area contributed by atoms with Gasteiger partial charge in [0.1, 0.15) is 0 Å². The summed E-state index contributed by atoms with van der Waals surface area (Å²) < 4.78 is 2.33. The lowest BCUT2D eigenvalue weighted by atomic mass is 10.1. The first kappa shape index (κ1) is 13.1. The van der Waals surface area contributed by atoms with Crippen molar-refractivity contribution in [2.75, 3.05) is 0 Å². The number of benzene rings is 2. The van der Waals surface area contributed by atoms with Gasteiger partial charge < -0.3 is 4.57 Å². The third-order valence-electron chi connectivity index (χ3n) is 4.29. The van der Waals surface area contributed by atoms with Crippen LogP contribution in [0.25, 0.3) is 33.1 Å². The minimum atomic E-state index is 0.954. The van der Waals surface area contributed by atoms with Crippen molar-refractivity contribution in [3.05, 3.63) is 66.4 Å². The molecule has 2 nitrogen and oxygen atoms in total. The summed E-state index contributed by atoms with van der Waals surface area (Å²) in [5, 5.41) is 2.58. The molecule has 0 aliphatic carbocycles. The smallest absolute Gasteiger partial charge is 0.0709 e. The first-order valence-electron chi connectivity index (χ1n) is 7.72. The van der Waals surface area contributed by atoms with Gasteiger partial charge in [-0.05, 0) is 32.0 Å². The van der Waals surface area contributed by atoms with Gasteiger partial charge in [0.25, 0.3) is 0 Å². The van der Waals surface area contributed by atoms with E-state index in [1.54, 1.807) is 0 Å². The number of para-hydroxylation sites is 1. The van der Waals surface area contributed by atoms with Gasteiger partial charge in [0.15, 0.2) is 0 Å². The Balaban J connectivity index is 2.03. The lowest BCUT2D eigenvalue weighted by molar-refractivity contribution is 0.825. The summed E-state index contributed by atoms with van der Waals surface area (Å²) in [5.41, 5.74) is 5.96. The molecule has 4 aromatic rings. The number of pyridine rings is 1. The fourth-order valence-corrected chi connectivity index (χ4v) is 3.25. The van der Waals surface area contributed by atoms with E-state index in [1.165, 1.54) is 32.9 Å². The molecule has 0 atom stereocenters. The average Bonchev–Trinajstić information content (AvgIpc) is 2.88. The minimum absolute atomic E-state index is 0.954. The van der Waals surface area contributed by atoms with Gasteiger partial charge in [0, 0.05) is 28.4 Å². The molecule has 0 fully saturated rings. The topological polar surface area (TPSA) is 17.8 Å².